The lowest BCUT2D eigenvalue weighted by molar-refractivity contribution is -0.385. The molecule has 0 aromatic heterocycles. The van der Waals surface area contributed by atoms with E-state index in [0.717, 1.165) is 12.1 Å². The Morgan fingerprint density at radius 2 is 1.88 bits per heavy atom. The molecule has 2 rings (SSSR count). The second kappa shape index (κ2) is 7.06. The molecule has 9 nitrogen and oxygen atoms in total. The molecule has 0 spiro atoms. The Labute approximate surface area is 137 Å². The molecule has 2 aromatic carbocycles. The molecule has 0 unspecified atom stereocenters. The summed E-state index contributed by atoms with van der Waals surface area (Å²) < 4.78 is 29.2. The molecule has 10 heteroatoms. The van der Waals surface area contributed by atoms with Crippen molar-refractivity contribution in [3.05, 3.63) is 64.2 Å². The van der Waals surface area contributed by atoms with Crippen molar-refractivity contribution in [2.45, 2.75) is 4.90 Å². The fourth-order valence-corrected chi connectivity index (χ4v) is 2.71. The molecule has 24 heavy (non-hydrogen) atoms. The first kappa shape index (κ1) is 17.4. The summed E-state index contributed by atoms with van der Waals surface area (Å²) in [5, 5.41) is 10.7. The van der Waals surface area contributed by atoms with Gasteiger partial charge in [0.1, 0.15) is 5.75 Å². The number of nitrogens with one attached hydrogen (secondary N) is 2. The number of nitro groups is 1. The molecule has 0 fully saturated rings. The third kappa shape index (κ3) is 3.86. The van der Waals surface area contributed by atoms with Crippen LogP contribution in [0.4, 0.5) is 5.69 Å². The number of non-ortho nitro benzene ring substituents is 1. The van der Waals surface area contributed by atoms with Gasteiger partial charge in [0.15, 0.2) is 0 Å². The number of rotatable bonds is 6. The second-order valence-corrected chi connectivity index (χ2v) is 6.20. The zero-order valence-electron chi connectivity index (χ0n) is 12.4. The van der Waals surface area contributed by atoms with Gasteiger partial charge in [0, 0.05) is 12.1 Å². The van der Waals surface area contributed by atoms with Crippen molar-refractivity contribution in [3.8, 4) is 5.75 Å². The number of hydrazine groups is 1. The fraction of sp³-hybridized carbons (Fsp3) is 0.0714. The Hall–Kier alpha value is -2.98. The smallest absolute Gasteiger partial charge is 0.270 e. The van der Waals surface area contributed by atoms with Gasteiger partial charge in [0.2, 0.25) is 0 Å². The Kier molecular flexibility index (Phi) is 5.11. The van der Waals surface area contributed by atoms with E-state index in [4.69, 9.17) is 4.74 Å². The van der Waals surface area contributed by atoms with Gasteiger partial charge in [-0.1, -0.05) is 18.2 Å². The zero-order valence-corrected chi connectivity index (χ0v) is 13.2. The maximum Gasteiger partial charge on any atom is 0.270 e. The number of ether oxygens (including phenoxy) is 1. The highest BCUT2D eigenvalue weighted by Gasteiger charge is 2.19. The molecule has 2 N–H and O–H groups in total. The van der Waals surface area contributed by atoms with E-state index >= 15 is 0 Å². The van der Waals surface area contributed by atoms with Gasteiger partial charge >= 0.3 is 0 Å². The molecular weight excluding hydrogens is 338 g/mol. The fourth-order valence-electron chi connectivity index (χ4n) is 1.84. The molecule has 0 aliphatic carbocycles. The van der Waals surface area contributed by atoms with Crippen LogP contribution in [-0.2, 0) is 10.0 Å². The Morgan fingerprint density at radius 3 is 2.54 bits per heavy atom. The number of carbonyl (C=O) groups is 1. The van der Waals surface area contributed by atoms with E-state index in [1.165, 1.54) is 25.3 Å². The van der Waals surface area contributed by atoms with Crippen LogP contribution in [0.15, 0.2) is 53.4 Å². The molecule has 126 valence electrons. The van der Waals surface area contributed by atoms with Gasteiger partial charge in [0.25, 0.3) is 21.6 Å². The predicted molar refractivity (Wildman–Crippen MR) is 83.9 cm³/mol. The largest absolute Gasteiger partial charge is 0.496 e. The zero-order chi connectivity index (χ0) is 17.7. The summed E-state index contributed by atoms with van der Waals surface area (Å²) in [6.45, 7) is 0. The first-order chi connectivity index (χ1) is 11.3. The first-order valence-corrected chi connectivity index (χ1v) is 8.03. The average molecular weight is 351 g/mol. The van der Waals surface area contributed by atoms with E-state index < -0.39 is 20.9 Å². The Bertz CT molecular complexity index is 882. The summed E-state index contributed by atoms with van der Waals surface area (Å²) in [7, 11) is -2.79. The lowest BCUT2D eigenvalue weighted by Crippen LogP contribution is -2.41. The molecule has 0 bridgehead atoms. The van der Waals surface area contributed by atoms with Crippen LogP contribution in [-0.4, -0.2) is 26.4 Å². The van der Waals surface area contributed by atoms with Gasteiger partial charge in [-0.3, -0.25) is 20.3 Å². The number of carbonyl (C=O) groups excluding carboxylic acids is 1. The van der Waals surface area contributed by atoms with Crippen LogP contribution in [0.2, 0.25) is 0 Å². The number of nitro benzene ring substituents is 1. The number of benzene rings is 2. The number of para-hydroxylation sites is 1. The molecule has 0 aliphatic heterocycles. The van der Waals surface area contributed by atoms with Crippen LogP contribution >= 0.6 is 0 Å². The minimum atomic E-state index is -4.17. The number of methoxy groups -OCH3 is 1. The van der Waals surface area contributed by atoms with Crippen molar-refractivity contribution >= 4 is 21.6 Å². The topological polar surface area (TPSA) is 128 Å². The van der Waals surface area contributed by atoms with Crippen LogP contribution in [0.3, 0.4) is 0 Å². The van der Waals surface area contributed by atoms with Crippen LogP contribution in [0.25, 0.3) is 0 Å². The summed E-state index contributed by atoms with van der Waals surface area (Å²) in [6, 6.07) is 10.7. The lowest BCUT2D eigenvalue weighted by atomic mass is 10.2. The molecule has 2 aromatic rings. The Balaban J connectivity index is 2.17. The lowest BCUT2D eigenvalue weighted by Gasteiger charge is -2.10. The van der Waals surface area contributed by atoms with Crippen molar-refractivity contribution in [1.29, 1.82) is 0 Å². The van der Waals surface area contributed by atoms with Crippen molar-refractivity contribution in [1.82, 2.24) is 10.3 Å². The number of hydrogen-bond donors (Lipinski definition) is 2. The van der Waals surface area contributed by atoms with Gasteiger partial charge in [-0.05, 0) is 18.2 Å². The van der Waals surface area contributed by atoms with Crippen LogP contribution in [0.5, 0.6) is 5.75 Å². The van der Waals surface area contributed by atoms with Gasteiger partial charge in [0.05, 0.1) is 22.5 Å². The van der Waals surface area contributed by atoms with E-state index in [-0.39, 0.29) is 21.9 Å². The highest BCUT2D eigenvalue weighted by molar-refractivity contribution is 7.89. The first-order valence-electron chi connectivity index (χ1n) is 6.55. The number of sulfonamides is 1. The number of amides is 1. The maximum absolute atomic E-state index is 12.1. The van der Waals surface area contributed by atoms with Crippen molar-refractivity contribution in [3.63, 3.8) is 0 Å². The highest BCUT2D eigenvalue weighted by Crippen LogP contribution is 2.18. The van der Waals surface area contributed by atoms with Crippen LogP contribution < -0.4 is 15.0 Å². The molecule has 0 aliphatic rings. The molecule has 0 radical (unpaired) electrons. The monoisotopic (exact) mass is 351 g/mol. The minimum absolute atomic E-state index is 0.127. The number of nitrogens with zero attached hydrogens (tertiary/aromatic N) is 1. The standard InChI is InChI=1S/C14H13N3O6S/c1-23-13-8-3-2-7-12(13)14(18)15-16-24(21,22)11-6-4-5-10(9-11)17(19)20/h2-9,16H,1H3,(H,15,18). The number of hydrogen-bond acceptors (Lipinski definition) is 6. The van der Waals surface area contributed by atoms with E-state index in [9.17, 15) is 23.3 Å². The van der Waals surface area contributed by atoms with Gasteiger partial charge < -0.3 is 4.74 Å². The van der Waals surface area contributed by atoms with E-state index in [1.54, 1.807) is 18.2 Å². The molecule has 0 saturated heterocycles. The molecule has 0 saturated carbocycles. The van der Waals surface area contributed by atoms with Gasteiger partial charge in [-0.15, -0.1) is 4.83 Å². The van der Waals surface area contributed by atoms with Gasteiger partial charge in [-0.25, -0.2) is 8.42 Å². The minimum Gasteiger partial charge on any atom is -0.496 e. The summed E-state index contributed by atoms with van der Waals surface area (Å²) in [5.74, 6) is -0.467. The summed E-state index contributed by atoms with van der Waals surface area (Å²) in [5.41, 5.74) is 1.78. The molecule has 1 amide bonds. The third-order valence-electron chi connectivity index (χ3n) is 2.99. The van der Waals surface area contributed by atoms with E-state index in [1.807, 2.05) is 10.3 Å². The molecular formula is C14H13N3O6S. The van der Waals surface area contributed by atoms with Gasteiger partial charge in [-0.2, -0.15) is 0 Å². The molecule has 0 heterocycles. The summed E-state index contributed by atoms with van der Waals surface area (Å²) in [4.78, 5) is 23.6. The SMILES string of the molecule is COc1ccccc1C(=O)NNS(=O)(=O)c1cccc([N+](=O)[O-])c1. The van der Waals surface area contributed by atoms with Crippen molar-refractivity contribution in [2.24, 2.45) is 0 Å². The highest BCUT2D eigenvalue weighted by atomic mass is 32.2. The summed E-state index contributed by atoms with van der Waals surface area (Å²) >= 11 is 0. The predicted octanol–water partition coefficient (Wildman–Crippen LogP) is 1.23. The van der Waals surface area contributed by atoms with E-state index in [0.29, 0.717) is 0 Å². The average Bonchev–Trinajstić information content (AvgIpc) is 2.59. The third-order valence-corrected chi connectivity index (χ3v) is 4.23. The van der Waals surface area contributed by atoms with Crippen LogP contribution in [0.1, 0.15) is 10.4 Å². The maximum atomic E-state index is 12.1. The summed E-state index contributed by atoms with van der Waals surface area (Å²) in [6.07, 6.45) is 0. The van der Waals surface area contributed by atoms with E-state index in [2.05, 4.69) is 0 Å². The van der Waals surface area contributed by atoms with Crippen molar-refractivity contribution in [2.75, 3.05) is 7.11 Å². The molecule has 0 atom stereocenters. The van der Waals surface area contributed by atoms with Crippen LogP contribution in [0, 0.1) is 10.1 Å². The Morgan fingerprint density at radius 1 is 1.17 bits per heavy atom. The van der Waals surface area contributed by atoms with Crippen molar-refractivity contribution < 1.29 is 22.9 Å². The normalized spacial score (nSPS) is 10.9. The quantitative estimate of drug-likeness (QED) is 0.595. The second-order valence-electron chi connectivity index (χ2n) is 4.51.